The lowest BCUT2D eigenvalue weighted by molar-refractivity contribution is -0.0674. The van der Waals surface area contributed by atoms with E-state index in [1.807, 2.05) is 12.1 Å². The number of halogens is 1. The van der Waals surface area contributed by atoms with Gasteiger partial charge in [-0.25, -0.2) is 4.39 Å². The van der Waals surface area contributed by atoms with Crippen LogP contribution in [0.2, 0.25) is 0 Å². The first-order chi connectivity index (χ1) is 10.2. The van der Waals surface area contributed by atoms with Gasteiger partial charge in [-0.15, -0.1) is 0 Å². The van der Waals surface area contributed by atoms with Gasteiger partial charge in [0.15, 0.2) is 6.29 Å². The van der Waals surface area contributed by atoms with Gasteiger partial charge < -0.3 is 14.2 Å². The van der Waals surface area contributed by atoms with Gasteiger partial charge in [-0.3, -0.25) is 4.90 Å². The van der Waals surface area contributed by atoms with E-state index in [0.29, 0.717) is 25.4 Å². The lowest BCUT2D eigenvalue weighted by Crippen LogP contribution is -2.39. The van der Waals surface area contributed by atoms with Crippen molar-refractivity contribution in [2.75, 3.05) is 39.5 Å². The van der Waals surface area contributed by atoms with Gasteiger partial charge in [0.2, 0.25) is 0 Å². The molecule has 1 aromatic rings. The molecule has 1 atom stereocenters. The number of hydrogen-bond acceptors (Lipinski definition) is 4. The van der Waals surface area contributed by atoms with Crippen LogP contribution in [0.4, 0.5) is 4.39 Å². The Hall–Kier alpha value is -1.01. The van der Waals surface area contributed by atoms with Crippen LogP contribution < -0.4 is 0 Å². The first-order valence-corrected chi connectivity index (χ1v) is 7.55. The van der Waals surface area contributed by atoms with Crippen molar-refractivity contribution in [2.24, 2.45) is 0 Å². The fraction of sp³-hybridized carbons (Fsp3) is 0.625. The number of ether oxygens (including phenoxy) is 3. The monoisotopic (exact) mass is 295 g/mol. The molecule has 5 heteroatoms. The average molecular weight is 295 g/mol. The zero-order valence-electron chi connectivity index (χ0n) is 12.4. The number of aryl methyl sites for hydroxylation is 1. The molecule has 116 valence electrons. The summed E-state index contributed by atoms with van der Waals surface area (Å²) in [7, 11) is 0. The Morgan fingerprint density at radius 1 is 1.19 bits per heavy atom. The van der Waals surface area contributed by atoms with Crippen molar-refractivity contribution in [2.45, 2.75) is 25.7 Å². The topological polar surface area (TPSA) is 30.9 Å². The van der Waals surface area contributed by atoms with E-state index in [-0.39, 0.29) is 18.2 Å². The first kappa shape index (κ1) is 14.9. The number of nitrogens with zero attached hydrogens (tertiary/aromatic N) is 1. The lowest BCUT2D eigenvalue weighted by Gasteiger charge is -2.33. The quantitative estimate of drug-likeness (QED) is 0.852. The minimum atomic E-state index is -0.165. The Kier molecular flexibility index (Phi) is 4.85. The van der Waals surface area contributed by atoms with Crippen molar-refractivity contribution in [3.8, 4) is 0 Å². The lowest BCUT2D eigenvalue weighted by atomic mass is 10.0. The van der Waals surface area contributed by atoms with E-state index in [9.17, 15) is 4.39 Å². The molecule has 0 aromatic heterocycles. The van der Waals surface area contributed by atoms with Crippen molar-refractivity contribution in [3.63, 3.8) is 0 Å². The summed E-state index contributed by atoms with van der Waals surface area (Å²) in [5, 5.41) is 0. The molecule has 3 rings (SSSR count). The van der Waals surface area contributed by atoms with E-state index in [1.165, 1.54) is 6.07 Å². The molecule has 2 heterocycles. The Balaban J connectivity index is 1.55. The van der Waals surface area contributed by atoms with Crippen molar-refractivity contribution in [1.29, 1.82) is 0 Å². The summed E-state index contributed by atoms with van der Waals surface area (Å²) in [6.07, 6.45) is 0.845. The third-order valence-electron chi connectivity index (χ3n) is 4.08. The third-order valence-corrected chi connectivity index (χ3v) is 4.08. The van der Waals surface area contributed by atoms with Gasteiger partial charge in [-0.2, -0.15) is 0 Å². The molecule has 2 fully saturated rings. The van der Waals surface area contributed by atoms with Crippen LogP contribution in [0.3, 0.4) is 0 Å². The van der Waals surface area contributed by atoms with Crippen molar-refractivity contribution >= 4 is 0 Å². The molecule has 0 saturated carbocycles. The molecule has 0 radical (unpaired) electrons. The minimum absolute atomic E-state index is 0.0171. The minimum Gasteiger partial charge on any atom is -0.371 e. The van der Waals surface area contributed by atoms with Crippen LogP contribution >= 0.6 is 0 Å². The summed E-state index contributed by atoms with van der Waals surface area (Å²) >= 11 is 0. The van der Waals surface area contributed by atoms with Crippen molar-refractivity contribution in [1.82, 2.24) is 4.90 Å². The smallest absolute Gasteiger partial charge is 0.159 e. The molecule has 0 bridgehead atoms. The highest BCUT2D eigenvalue weighted by Gasteiger charge is 2.24. The molecule has 0 aliphatic carbocycles. The predicted molar refractivity (Wildman–Crippen MR) is 76.6 cm³/mol. The highest BCUT2D eigenvalue weighted by molar-refractivity contribution is 5.26. The molecule has 21 heavy (non-hydrogen) atoms. The largest absolute Gasteiger partial charge is 0.371 e. The zero-order chi connectivity index (χ0) is 14.7. The number of hydrogen-bond donors (Lipinski definition) is 0. The molecule has 0 N–H and O–H groups in total. The third kappa shape index (κ3) is 3.80. The standard InChI is InChI=1S/C16H22FNO3/c1-12-10-13(2-3-14(12)17)15-11-18(6-7-19-15)5-4-16-20-8-9-21-16/h2-3,10,15-16H,4-9,11H2,1H3/t15-/m0/s1. The van der Waals surface area contributed by atoms with Gasteiger partial charge in [0, 0.05) is 26.1 Å². The SMILES string of the molecule is Cc1cc([C@@H]2CN(CCC3OCCO3)CCO2)ccc1F. The van der Waals surface area contributed by atoms with Crippen LogP contribution in [0, 0.1) is 12.7 Å². The van der Waals surface area contributed by atoms with Gasteiger partial charge in [0.25, 0.3) is 0 Å². The van der Waals surface area contributed by atoms with E-state index >= 15 is 0 Å². The molecule has 0 amide bonds. The first-order valence-electron chi connectivity index (χ1n) is 7.55. The van der Waals surface area contributed by atoms with Crippen molar-refractivity contribution < 1.29 is 18.6 Å². The van der Waals surface area contributed by atoms with E-state index in [2.05, 4.69) is 4.90 Å². The molecule has 2 saturated heterocycles. The second kappa shape index (κ2) is 6.83. The van der Waals surface area contributed by atoms with Gasteiger partial charge in [-0.1, -0.05) is 12.1 Å². The van der Waals surface area contributed by atoms with Gasteiger partial charge in [0.1, 0.15) is 5.82 Å². The maximum atomic E-state index is 13.4. The van der Waals surface area contributed by atoms with Gasteiger partial charge in [-0.05, 0) is 24.1 Å². The van der Waals surface area contributed by atoms with E-state index in [0.717, 1.165) is 31.6 Å². The number of benzene rings is 1. The zero-order valence-corrected chi connectivity index (χ0v) is 12.4. The summed E-state index contributed by atoms with van der Waals surface area (Å²) in [4.78, 5) is 2.36. The van der Waals surface area contributed by atoms with Crippen LogP contribution in [-0.2, 0) is 14.2 Å². The highest BCUT2D eigenvalue weighted by atomic mass is 19.1. The van der Waals surface area contributed by atoms with Crippen LogP contribution in [0.5, 0.6) is 0 Å². The normalized spacial score (nSPS) is 24.6. The molecule has 2 aliphatic heterocycles. The second-order valence-electron chi connectivity index (χ2n) is 5.63. The van der Waals surface area contributed by atoms with Crippen LogP contribution in [0.1, 0.15) is 23.7 Å². The molecular weight excluding hydrogens is 273 g/mol. The Labute approximate surface area is 124 Å². The highest BCUT2D eigenvalue weighted by Crippen LogP contribution is 2.24. The summed E-state index contributed by atoms with van der Waals surface area (Å²) in [6.45, 7) is 6.57. The van der Waals surface area contributed by atoms with Crippen LogP contribution in [0.25, 0.3) is 0 Å². The molecule has 0 unspecified atom stereocenters. The van der Waals surface area contributed by atoms with E-state index in [1.54, 1.807) is 6.92 Å². The van der Waals surface area contributed by atoms with Crippen molar-refractivity contribution in [3.05, 3.63) is 35.1 Å². The van der Waals surface area contributed by atoms with E-state index in [4.69, 9.17) is 14.2 Å². The Bertz CT molecular complexity index is 477. The fourth-order valence-corrected chi connectivity index (χ4v) is 2.84. The summed E-state index contributed by atoms with van der Waals surface area (Å²) < 4.78 is 30.1. The summed E-state index contributed by atoms with van der Waals surface area (Å²) in [5.74, 6) is -0.165. The Morgan fingerprint density at radius 2 is 2.00 bits per heavy atom. The van der Waals surface area contributed by atoms with Gasteiger partial charge in [0.05, 0.1) is 25.9 Å². The Morgan fingerprint density at radius 3 is 2.76 bits per heavy atom. The summed E-state index contributed by atoms with van der Waals surface area (Å²) in [6, 6.07) is 5.22. The van der Waals surface area contributed by atoms with E-state index < -0.39 is 0 Å². The van der Waals surface area contributed by atoms with Crippen LogP contribution in [-0.4, -0.2) is 50.6 Å². The molecule has 0 spiro atoms. The second-order valence-corrected chi connectivity index (χ2v) is 5.63. The van der Waals surface area contributed by atoms with Crippen LogP contribution in [0.15, 0.2) is 18.2 Å². The molecule has 1 aromatic carbocycles. The average Bonchev–Trinajstić information content (AvgIpc) is 3.02. The fourth-order valence-electron chi connectivity index (χ4n) is 2.84. The molecular formula is C16H22FNO3. The summed E-state index contributed by atoms with van der Waals surface area (Å²) in [5.41, 5.74) is 1.72. The number of morpholine rings is 1. The molecule has 4 nitrogen and oxygen atoms in total. The number of rotatable bonds is 4. The van der Waals surface area contributed by atoms with Gasteiger partial charge >= 0.3 is 0 Å². The maximum absolute atomic E-state index is 13.4. The molecule has 2 aliphatic rings. The predicted octanol–water partition coefficient (Wildman–Crippen LogP) is 2.27. The maximum Gasteiger partial charge on any atom is 0.159 e.